The van der Waals surface area contributed by atoms with Crippen molar-refractivity contribution in [3.05, 3.63) is 49.1 Å². The minimum Gasteiger partial charge on any atom is -0.410 e. The molecule has 0 spiro atoms. The standard InChI is InChI=1S/C24H44O5SSi/c1-9-11-12-13-14-15-16-17-18-20-23(29-31(7,8)24(4,5)6)21(3)22(19-10-2)28-30(25,26)27/h10,14-18,20-23H,2,9,11-13,19H2,1,3-8H3,(H,25,26,27)/b15-14+,17-16-,20-18-/t21-,22+,23+/m1/s1. The SMILES string of the molecule is C=CC[C@H](OS(=O)(=O)O)[C@@H](C)[C@H](\C=C/C=C\C=C\CCCCC)O[Si](C)(C)C(C)(C)C. The highest BCUT2D eigenvalue weighted by Crippen LogP contribution is 2.39. The third-order valence-electron chi connectivity index (χ3n) is 5.73. The van der Waals surface area contributed by atoms with Crippen molar-refractivity contribution in [2.75, 3.05) is 0 Å². The summed E-state index contributed by atoms with van der Waals surface area (Å²) in [6.07, 6.45) is 17.4. The molecule has 0 aliphatic heterocycles. The first kappa shape index (κ1) is 30.0. The van der Waals surface area contributed by atoms with Crippen molar-refractivity contribution in [1.29, 1.82) is 0 Å². The van der Waals surface area contributed by atoms with Crippen LogP contribution < -0.4 is 0 Å². The Hall–Kier alpha value is -0.993. The van der Waals surface area contributed by atoms with E-state index in [4.69, 9.17) is 8.61 Å². The molecule has 0 unspecified atom stereocenters. The predicted octanol–water partition coefficient (Wildman–Crippen LogP) is 7.03. The van der Waals surface area contributed by atoms with Crippen LogP contribution in [-0.2, 0) is 19.0 Å². The van der Waals surface area contributed by atoms with Crippen molar-refractivity contribution >= 4 is 18.7 Å². The van der Waals surface area contributed by atoms with Crippen LogP contribution in [0.15, 0.2) is 49.1 Å². The summed E-state index contributed by atoms with van der Waals surface area (Å²) in [5.41, 5.74) is 0. The van der Waals surface area contributed by atoms with E-state index in [1.54, 1.807) is 6.08 Å². The van der Waals surface area contributed by atoms with Crippen molar-refractivity contribution in [3.63, 3.8) is 0 Å². The lowest BCUT2D eigenvalue weighted by atomic mass is 9.95. The maximum Gasteiger partial charge on any atom is 0.397 e. The fraction of sp³-hybridized carbons (Fsp3) is 0.667. The Morgan fingerprint density at radius 1 is 1.10 bits per heavy atom. The quantitative estimate of drug-likeness (QED) is 0.0911. The number of hydrogen-bond acceptors (Lipinski definition) is 4. The van der Waals surface area contributed by atoms with Gasteiger partial charge < -0.3 is 4.43 Å². The first-order valence-corrected chi connectivity index (χ1v) is 15.5. The lowest BCUT2D eigenvalue weighted by Crippen LogP contribution is -2.47. The van der Waals surface area contributed by atoms with Gasteiger partial charge in [0.2, 0.25) is 0 Å². The molecule has 3 atom stereocenters. The largest absolute Gasteiger partial charge is 0.410 e. The molecule has 31 heavy (non-hydrogen) atoms. The van der Waals surface area contributed by atoms with Crippen LogP contribution in [0.4, 0.5) is 0 Å². The molecule has 0 amide bonds. The lowest BCUT2D eigenvalue weighted by molar-refractivity contribution is 0.0642. The van der Waals surface area contributed by atoms with Crippen molar-refractivity contribution < 1.29 is 21.6 Å². The zero-order valence-electron chi connectivity index (χ0n) is 20.5. The molecule has 0 saturated heterocycles. The summed E-state index contributed by atoms with van der Waals surface area (Å²) in [6, 6.07) is 0. The number of unbranched alkanes of at least 4 members (excludes halogenated alkanes) is 3. The zero-order chi connectivity index (χ0) is 24.1. The Morgan fingerprint density at radius 3 is 2.23 bits per heavy atom. The van der Waals surface area contributed by atoms with Gasteiger partial charge in [0.05, 0.1) is 12.2 Å². The fourth-order valence-corrected chi connectivity index (χ4v) is 4.59. The normalized spacial score (nSPS) is 16.9. The molecule has 0 aliphatic carbocycles. The molecule has 0 heterocycles. The van der Waals surface area contributed by atoms with Crippen LogP contribution in [-0.4, -0.2) is 33.5 Å². The summed E-state index contributed by atoms with van der Waals surface area (Å²) in [7, 11) is -6.71. The van der Waals surface area contributed by atoms with Crippen LogP contribution in [0.25, 0.3) is 0 Å². The van der Waals surface area contributed by atoms with Crippen molar-refractivity contribution in [3.8, 4) is 0 Å². The number of rotatable bonds is 15. The Labute approximate surface area is 192 Å². The maximum atomic E-state index is 11.3. The van der Waals surface area contributed by atoms with Crippen LogP contribution in [0.2, 0.25) is 18.1 Å². The van der Waals surface area contributed by atoms with E-state index in [0.717, 1.165) is 6.42 Å². The van der Waals surface area contributed by atoms with Crippen LogP contribution in [0.1, 0.15) is 66.7 Å². The second-order valence-corrected chi connectivity index (χ2v) is 15.3. The van der Waals surface area contributed by atoms with Gasteiger partial charge in [0.15, 0.2) is 8.32 Å². The molecule has 0 bridgehead atoms. The highest BCUT2D eigenvalue weighted by atomic mass is 32.3. The monoisotopic (exact) mass is 472 g/mol. The third kappa shape index (κ3) is 13.2. The molecule has 0 saturated carbocycles. The van der Waals surface area contributed by atoms with Gasteiger partial charge in [-0.25, -0.2) is 4.18 Å². The summed E-state index contributed by atoms with van der Waals surface area (Å²) in [6.45, 7) is 18.5. The average Bonchev–Trinajstić information content (AvgIpc) is 2.62. The maximum absolute atomic E-state index is 11.3. The number of hydrogen-bond donors (Lipinski definition) is 1. The van der Waals surface area contributed by atoms with E-state index in [9.17, 15) is 13.0 Å². The van der Waals surface area contributed by atoms with Crippen LogP contribution in [0.5, 0.6) is 0 Å². The Bertz CT molecular complexity index is 702. The van der Waals surface area contributed by atoms with Crippen LogP contribution >= 0.6 is 0 Å². The molecule has 180 valence electrons. The van der Waals surface area contributed by atoms with Gasteiger partial charge in [0.1, 0.15) is 0 Å². The molecular weight excluding hydrogens is 428 g/mol. The molecule has 0 aliphatic rings. The van der Waals surface area contributed by atoms with Crippen molar-refractivity contribution in [2.24, 2.45) is 5.92 Å². The fourth-order valence-electron chi connectivity index (χ4n) is 2.70. The van der Waals surface area contributed by atoms with Gasteiger partial charge in [-0.15, -0.1) is 6.58 Å². The van der Waals surface area contributed by atoms with Gasteiger partial charge in [-0.1, -0.05) is 90.0 Å². The molecule has 0 aromatic carbocycles. The van der Waals surface area contributed by atoms with E-state index in [-0.39, 0.29) is 23.5 Å². The van der Waals surface area contributed by atoms with E-state index < -0.39 is 24.8 Å². The van der Waals surface area contributed by atoms with Gasteiger partial charge in [0.25, 0.3) is 0 Å². The Balaban J connectivity index is 5.51. The summed E-state index contributed by atoms with van der Waals surface area (Å²) < 4.78 is 43.4. The summed E-state index contributed by atoms with van der Waals surface area (Å²) in [5, 5.41) is -0.00623. The first-order valence-electron chi connectivity index (χ1n) is 11.2. The van der Waals surface area contributed by atoms with Gasteiger partial charge in [-0.2, -0.15) is 8.42 Å². The first-order chi connectivity index (χ1) is 14.2. The van der Waals surface area contributed by atoms with Gasteiger partial charge in [-0.05, 0) is 37.4 Å². The minimum atomic E-state index is -4.58. The molecule has 1 N–H and O–H groups in total. The molecule has 7 heteroatoms. The minimum absolute atomic E-state index is 0.00623. The Kier molecular flexibility index (Phi) is 13.8. The molecule has 0 radical (unpaired) electrons. The molecule has 0 aromatic heterocycles. The van der Waals surface area contributed by atoms with E-state index in [2.05, 4.69) is 53.4 Å². The van der Waals surface area contributed by atoms with Gasteiger partial charge in [0, 0.05) is 5.92 Å². The molecular formula is C24H44O5SSi. The summed E-state index contributed by atoms with van der Waals surface area (Å²) in [4.78, 5) is 0. The van der Waals surface area contributed by atoms with Crippen LogP contribution in [0, 0.1) is 5.92 Å². The van der Waals surface area contributed by atoms with Gasteiger partial charge in [-0.3, -0.25) is 4.55 Å². The van der Waals surface area contributed by atoms with E-state index in [1.807, 2.05) is 37.3 Å². The molecule has 5 nitrogen and oxygen atoms in total. The van der Waals surface area contributed by atoms with Crippen molar-refractivity contribution in [1.82, 2.24) is 0 Å². The second kappa shape index (κ2) is 14.2. The third-order valence-corrected chi connectivity index (χ3v) is 10.7. The molecule has 0 aromatic rings. The molecule has 0 fully saturated rings. The number of allylic oxidation sites excluding steroid dienone is 5. The highest BCUT2D eigenvalue weighted by molar-refractivity contribution is 7.80. The zero-order valence-corrected chi connectivity index (χ0v) is 22.3. The second-order valence-electron chi connectivity index (χ2n) is 9.48. The summed E-state index contributed by atoms with van der Waals surface area (Å²) >= 11 is 0. The topological polar surface area (TPSA) is 72.8 Å². The van der Waals surface area contributed by atoms with E-state index >= 15 is 0 Å². The Morgan fingerprint density at radius 2 is 1.71 bits per heavy atom. The van der Waals surface area contributed by atoms with E-state index in [1.165, 1.54) is 19.3 Å². The highest BCUT2D eigenvalue weighted by Gasteiger charge is 2.41. The lowest BCUT2D eigenvalue weighted by Gasteiger charge is -2.41. The molecule has 0 rings (SSSR count). The summed E-state index contributed by atoms with van der Waals surface area (Å²) in [5.74, 6) is -0.316. The van der Waals surface area contributed by atoms with Gasteiger partial charge >= 0.3 is 10.4 Å². The average molecular weight is 473 g/mol. The van der Waals surface area contributed by atoms with Crippen LogP contribution in [0.3, 0.4) is 0 Å². The smallest absolute Gasteiger partial charge is 0.397 e. The predicted molar refractivity (Wildman–Crippen MR) is 134 cm³/mol. The van der Waals surface area contributed by atoms with Crippen molar-refractivity contribution in [2.45, 2.75) is 97.1 Å². The van der Waals surface area contributed by atoms with E-state index in [0.29, 0.717) is 0 Å².